The molecule has 2 rings (SSSR count). The molecule has 92 valence electrons. The van der Waals surface area contributed by atoms with Crippen LogP contribution in [0.1, 0.15) is 17.4 Å². The van der Waals surface area contributed by atoms with Crippen LogP contribution < -0.4 is 5.43 Å². The molecular weight excluding hydrogens is 244 g/mol. The van der Waals surface area contributed by atoms with Crippen LogP contribution in [0.4, 0.5) is 0 Å². The number of amides is 1. The van der Waals surface area contributed by atoms with Gasteiger partial charge in [-0.25, -0.2) is 5.43 Å². The third kappa shape index (κ3) is 3.53. The van der Waals surface area contributed by atoms with Crippen LogP contribution in [0.25, 0.3) is 0 Å². The molecule has 0 spiro atoms. The average molecular weight is 258 g/mol. The summed E-state index contributed by atoms with van der Waals surface area (Å²) in [6.45, 7) is 1.88. The number of nitrogens with one attached hydrogen (secondary N) is 1. The first-order valence-corrected chi connectivity index (χ1v) is 6.54. The Morgan fingerprint density at radius 3 is 2.67 bits per heavy atom. The van der Waals surface area contributed by atoms with E-state index in [-0.39, 0.29) is 5.91 Å². The Kier molecular flexibility index (Phi) is 4.25. The zero-order valence-corrected chi connectivity index (χ0v) is 10.9. The Hall–Kier alpha value is -1.94. The van der Waals surface area contributed by atoms with E-state index in [2.05, 4.69) is 10.5 Å². The van der Waals surface area contributed by atoms with Crippen LogP contribution in [-0.4, -0.2) is 11.6 Å². The molecule has 18 heavy (non-hydrogen) atoms. The maximum Gasteiger partial charge on any atom is 0.245 e. The maximum absolute atomic E-state index is 11.6. The smallest absolute Gasteiger partial charge is 0.245 e. The fourth-order valence-corrected chi connectivity index (χ4v) is 2.20. The van der Waals surface area contributed by atoms with E-state index in [1.807, 2.05) is 54.8 Å². The van der Waals surface area contributed by atoms with Crippen LogP contribution in [0.3, 0.4) is 0 Å². The van der Waals surface area contributed by atoms with Gasteiger partial charge in [-0.05, 0) is 23.9 Å². The molecule has 0 unspecified atom stereocenters. The normalized spacial score (nSPS) is 11.3. The average Bonchev–Trinajstić information content (AvgIpc) is 2.90. The third-order valence-corrected chi connectivity index (χ3v) is 3.33. The van der Waals surface area contributed by atoms with Crippen molar-refractivity contribution in [3.8, 4) is 0 Å². The molecule has 1 N–H and O–H groups in total. The molecule has 1 heterocycles. The number of benzene rings is 1. The molecule has 1 amide bonds. The van der Waals surface area contributed by atoms with E-state index in [9.17, 15) is 4.79 Å². The van der Waals surface area contributed by atoms with Gasteiger partial charge in [-0.3, -0.25) is 4.79 Å². The van der Waals surface area contributed by atoms with Crippen molar-refractivity contribution >= 4 is 23.0 Å². The van der Waals surface area contributed by atoms with Crippen LogP contribution in [-0.2, 0) is 11.2 Å². The lowest BCUT2D eigenvalue weighted by Gasteiger charge is -2.01. The molecule has 0 radical (unpaired) electrons. The van der Waals surface area contributed by atoms with Crippen molar-refractivity contribution in [1.29, 1.82) is 0 Å². The first kappa shape index (κ1) is 12.5. The minimum atomic E-state index is -0.0901. The van der Waals surface area contributed by atoms with Gasteiger partial charge in [0, 0.05) is 4.88 Å². The summed E-state index contributed by atoms with van der Waals surface area (Å²) >= 11 is 1.57. The summed E-state index contributed by atoms with van der Waals surface area (Å²) in [7, 11) is 0. The van der Waals surface area contributed by atoms with Crippen molar-refractivity contribution in [2.75, 3.05) is 0 Å². The maximum atomic E-state index is 11.6. The second-order valence-electron chi connectivity index (χ2n) is 3.85. The summed E-state index contributed by atoms with van der Waals surface area (Å²) in [5, 5.41) is 6.06. The Morgan fingerprint density at radius 2 is 2.00 bits per heavy atom. The summed E-state index contributed by atoms with van der Waals surface area (Å²) in [6.07, 6.45) is 0.378. The Morgan fingerprint density at radius 1 is 1.22 bits per heavy atom. The second kappa shape index (κ2) is 6.12. The van der Waals surface area contributed by atoms with Crippen molar-refractivity contribution < 1.29 is 4.79 Å². The quantitative estimate of drug-likeness (QED) is 0.665. The minimum absolute atomic E-state index is 0.0901. The predicted molar refractivity (Wildman–Crippen MR) is 74.8 cm³/mol. The van der Waals surface area contributed by atoms with Gasteiger partial charge in [0.05, 0.1) is 12.1 Å². The van der Waals surface area contributed by atoms with Crippen molar-refractivity contribution in [2.45, 2.75) is 13.3 Å². The molecule has 0 saturated carbocycles. The number of hydrogen-bond acceptors (Lipinski definition) is 3. The Balaban J connectivity index is 1.92. The molecule has 3 nitrogen and oxygen atoms in total. The number of thiophene rings is 1. The van der Waals surface area contributed by atoms with Gasteiger partial charge in [-0.15, -0.1) is 11.3 Å². The zero-order valence-electron chi connectivity index (χ0n) is 10.1. The van der Waals surface area contributed by atoms with Crippen LogP contribution in [0.5, 0.6) is 0 Å². The summed E-state index contributed by atoms with van der Waals surface area (Å²) < 4.78 is 0. The molecule has 1 aromatic heterocycles. The highest BCUT2D eigenvalue weighted by atomic mass is 32.1. The highest BCUT2D eigenvalue weighted by molar-refractivity contribution is 7.10. The van der Waals surface area contributed by atoms with E-state index in [0.717, 1.165) is 16.2 Å². The first-order chi connectivity index (χ1) is 8.75. The SMILES string of the molecule is C/C(=N/NC(=O)Cc1cccs1)c1ccccc1. The minimum Gasteiger partial charge on any atom is -0.273 e. The molecule has 0 aliphatic carbocycles. The van der Waals surface area contributed by atoms with Gasteiger partial charge in [0.1, 0.15) is 0 Å². The molecule has 0 saturated heterocycles. The van der Waals surface area contributed by atoms with Crippen LogP contribution in [0, 0.1) is 0 Å². The summed E-state index contributed by atoms with van der Waals surface area (Å²) in [4.78, 5) is 12.7. The number of nitrogens with zero attached hydrogens (tertiary/aromatic N) is 1. The first-order valence-electron chi connectivity index (χ1n) is 5.66. The summed E-state index contributed by atoms with van der Waals surface area (Å²) in [5.41, 5.74) is 4.38. The van der Waals surface area contributed by atoms with Crippen molar-refractivity contribution in [3.05, 3.63) is 58.3 Å². The number of carbonyl (C=O) groups is 1. The van der Waals surface area contributed by atoms with Crippen LogP contribution >= 0.6 is 11.3 Å². The monoisotopic (exact) mass is 258 g/mol. The number of hydrazone groups is 1. The van der Waals surface area contributed by atoms with Gasteiger partial charge in [-0.2, -0.15) is 5.10 Å². The fourth-order valence-electron chi connectivity index (χ4n) is 1.50. The molecule has 0 bridgehead atoms. The van der Waals surface area contributed by atoms with Crippen molar-refractivity contribution in [1.82, 2.24) is 5.43 Å². The molecule has 0 fully saturated rings. The second-order valence-corrected chi connectivity index (χ2v) is 4.89. The van der Waals surface area contributed by atoms with E-state index in [0.29, 0.717) is 6.42 Å². The van der Waals surface area contributed by atoms with Gasteiger partial charge in [0.2, 0.25) is 5.91 Å². The molecule has 2 aromatic rings. The largest absolute Gasteiger partial charge is 0.273 e. The van der Waals surface area contributed by atoms with Crippen LogP contribution in [0.2, 0.25) is 0 Å². The molecule has 0 atom stereocenters. The van der Waals surface area contributed by atoms with Gasteiger partial charge < -0.3 is 0 Å². The Labute approximate surface area is 110 Å². The number of hydrogen-bond donors (Lipinski definition) is 1. The highest BCUT2D eigenvalue weighted by Crippen LogP contribution is 2.08. The molecule has 0 aliphatic rings. The van der Waals surface area contributed by atoms with Gasteiger partial charge >= 0.3 is 0 Å². The van der Waals surface area contributed by atoms with E-state index in [1.54, 1.807) is 11.3 Å². The predicted octanol–water partition coefficient (Wildman–Crippen LogP) is 2.83. The van der Waals surface area contributed by atoms with Gasteiger partial charge in [0.15, 0.2) is 0 Å². The Bertz CT molecular complexity index is 532. The summed E-state index contributed by atoms with van der Waals surface area (Å²) in [6, 6.07) is 13.6. The summed E-state index contributed by atoms with van der Waals surface area (Å²) in [5.74, 6) is -0.0901. The van der Waals surface area contributed by atoms with Gasteiger partial charge in [-0.1, -0.05) is 36.4 Å². The van der Waals surface area contributed by atoms with E-state index in [1.165, 1.54) is 0 Å². The lowest BCUT2D eigenvalue weighted by atomic mass is 10.1. The van der Waals surface area contributed by atoms with Gasteiger partial charge in [0.25, 0.3) is 0 Å². The lowest BCUT2D eigenvalue weighted by molar-refractivity contribution is -0.120. The van der Waals surface area contributed by atoms with E-state index >= 15 is 0 Å². The molecule has 4 heteroatoms. The standard InChI is InChI=1S/C14H14N2OS/c1-11(12-6-3-2-4-7-12)15-16-14(17)10-13-8-5-9-18-13/h2-9H,10H2,1H3,(H,16,17)/b15-11-. The topological polar surface area (TPSA) is 41.5 Å². The number of carbonyl (C=O) groups excluding carboxylic acids is 1. The highest BCUT2D eigenvalue weighted by Gasteiger charge is 2.03. The van der Waals surface area contributed by atoms with E-state index < -0.39 is 0 Å². The molecule has 0 aliphatic heterocycles. The van der Waals surface area contributed by atoms with Crippen molar-refractivity contribution in [3.63, 3.8) is 0 Å². The van der Waals surface area contributed by atoms with Crippen molar-refractivity contribution in [2.24, 2.45) is 5.10 Å². The number of rotatable bonds is 4. The third-order valence-electron chi connectivity index (χ3n) is 2.45. The zero-order chi connectivity index (χ0) is 12.8. The molecule has 1 aromatic carbocycles. The molecular formula is C14H14N2OS. The van der Waals surface area contributed by atoms with Crippen LogP contribution in [0.15, 0.2) is 52.9 Å². The van der Waals surface area contributed by atoms with E-state index in [4.69, 9.17) is 0 Å². The fraction of sp³-hybridized carbons (Fsp3) is 0.143. The lowest BCUT2D eigenvalue weighted by Crippen LogP contribution is -2.20.